The number of piperazine rings is 1. The summed E-state index contributed by atoms with van der Waals surface area (Å²) in [6, 6.07) is 6.85. The van der Waals surface area contributed by atoms with Gasteiger partial charge in [0, 0.05) is 68.5 Å². The van der Waals surface area contributed by atoms with Crippen LogP contribution in [-0.4, -0.2) is 77.1 Å². The standard InChI is InChI=1S/C22H32N6/c1-3-19-16-21(25-22(24-19)18-7-9-23-10-8-18)28-14-12-27(13-15-28)17-20-6-4-5-11-26(20)2/h7-10,16,20H,3-6,11-15,17H2,1-2H3. The molecule has 0 saturated carbocycles. The van der Waals surface area contributed by atoms with Crippen LogP contribution in [0.2, 0.25) is 0 Å². The van der Waals surface area contributed by atoms with Crippen molar-refractivity contribution in [3.63, 3.8) is 0 Å². The summed E-state index contributed by atoms with van der Waals surface area (Å²) in [7, 11) is 2.29. The van der Waals surface area contributed by atoms with Crippen molar-refractivity contribution in [1.82, 2.24) is 24.8 Å². The van der Waals surface area contributed by atoms with Crippen LogP contribution in [0.4, 0.5) is 5.82 Å². The highest BCUT2D eigenvalue weighted by molar-refractivity contribution is 5.57. The van der Waals surface area contributed by atoms with Crippen LogP contribution in [0.5, 0.6) is 0 Å². The number of aromatic nitrogens is 3. The van der Waals surface area contributed by atoms with E-state index in [1.165, 1.54) is 32.4 Å². The van der Waals surface area contributed by atoms with E-state index in [0.717, 1.165) is 61.5 Å². The quantitative estimate of drug-likeness (QED) is 0.795. The second-order valence-electron chi connectivity index (χ2n) is 8.05. The van der Waals surface area contributed by atoms with Crippen LogP contribution >= 0.6 is 0 Å². The lowest BCUT2D eigenvalue weighted by molar-refractivity contribution is 0.124. The summed E-state index contributed by atoms with van der Waals surface area (Å²) in [5, 5.41) is 0. The van der Waals surface area contributed by atoms with Gasteiger partial charge in [-0.15, -0.1) is 0 Å². The molecule has 0 bridgehead atoms. The molecule has 2 saturated heterocycles. The Morgan fingerprint density at radius 3 is 2.50 bits per heavy atom. The van der Waals surface area contributed by atoms with Gasteiger partial charge < -0.3 is 9.80 Å². The Morgan fingerprint density at radius 1 is 1.00 bits per heavy atom. The van der Waals surface area contributed by atoms with Crippen molar-refractivity contribution in [2.45, 2.75) is 38.6 Å². The maximum absolute atomic E-state index is 4.89. The highest BCUT2D eigenvalue weighted by Crippen LogP contribution is 2.22. The first kappa shape index (κ1) is 19.3. The van der Waals surface area contributed by atoms with Crippen molar-refractivity contribution in [3.05, 3.63) is 36.3 Å². The lowest BCUT2D eigenvalue weighted by atomic mass is 10.0. The van der Waals surface area contributed by atoms with Gasteiger partial charge in [0.2, 0.25) is 0 Å². The zero-order valence-electron chi connectivity index (χ0n) is 17.2. The first-order valence-corrected chi connectivity index (χ1v) is 10.7. The number of piperidine rings is 1. The highest BCUT2D eigenvalue weighted by Gasteiger charge is 2.25. The van der Waals surface area contributed by atoms with Crippen LogP contribution in [0.15, 0.2) is 30.6 Å². The molecule has 2 aromatic rings. The molecule has 4 rings (SSSR count). The molecule has 0 aliphatic carbocycles. The van der Waals surface area contributed by atoms with E-state index < -0.39 is 0 Å². The predicted molar refractivity (Wildman–Crippen MR) is 114 cm³/mol. The number of nitrogens with zero attached hydrogens (tertiary/aromatic N) is 6. The number of aryl methyl sites for hydroxylation is 1. The van der Waals surface area contributed by atoms with Crippen LogP contribution in [0, 0.1) is 0 Å². The number of likely N-dealkylation sites (N-methyl/N-ethyl adjacent to an activating group) is 1. The van der Waals surface area contributed by atoms with Crippen molar-refractivity contribution >= 4 is 5.82 Å². The molecule has 1 atom stereocenters. The maximum Gasteiger partial charge on any atom is 0.161 e. The molecule has 0 radical (unpaired) electrons. The number of pyridine rings is 1. The van der Waals surface area contributed by atoms with Crippen molar-refractivity contribution in [2.24, 2.45) is 0 Å². The average molecular weight is 381 g/mol. The molecule has 150 valence electrons. The third-order valence-corrected chi connectivity index (χ3v) is 6.15. The number of likely N-dealkylation sites (tertiary alicyclic amines) is 1. The van der Waals surface area contributed by atoms with Crippen molar-refractivity contribution < 1.29 is 0 Å². The topological polar surface area (TPSA) is 48.4 Å². The van der Waals surface area contributed by atoms with Gasteiger partial charge in [-0.05, 0) is 45.0 Å². The Kier molecular flexibility index (Phi) is 6.17. The van der Waals surface area contributed by atoms with Crippen LogP contribution in [0.1, 0.15) is 31.9 Å². The highest BCUT2D eigenvalue weighted by atomic mass is 15.3. The summed E-state index contributed by atoms with van der Waals surface area (Å²) in [5.74, 6) is 1.87. The third-order valence-electron chi connectivity index (χ3n) is 6.15. The monoisotopic (exact) mass is 380 g/mol. The van der Waals surface area contributed by atoms with Gasteiger partial charge in [0.15, 0.2) is 5.82 Å². The lowest BCUT2D eigenvalue weighted by Gasteiger charge is -2.40. The Balaban J connectivity index is 1.42. The Bertz CT molecular complexity index is 757. The number of hydrogen-bond acceptors (Lipinski definition) is 6. The summed E-state index contributed by atoms with van der Waals surface area (Å²) in [6.45, 7) is 8.90. The van der Waals surface area contributed by atoms with Gasteiger partial charge in [-0.2, -0.15) is 0 Å². The molecule has 0 N–H and O–H groups in total. The molecule has 2 aliphatic rings. The molecular weight excluding hydrogens is 348 g/mol. The molecule has 0 spiro atoms. The minimum Gasteiger partial charge on any atom is -0.354 e. The van der Waals surface area contributed by atoms with Crippen LogP contribution in [-0.2, 0) is 6.42 Å². The summed E-state index contributed by atoms with van der Waals surface area (Å²) >= 11 is 0. The molecule has 0 amide bonds. The fraction of sp³-hybridized carbons (Fsp3) is 0.591. The van der Waals surface area contributed by atoms with Gasteiger partial charge >= 0.3 is 0 Å². The Labute approximate surface area is 168 Å². The van der Waals surface area contributed by atoms with Gasteiger partial charge in [-0.3, -0.25) is 9.88 Å². The second-order valence-corrected chi connectivity index (χ2v) is 8.05. The molecule has 4 heterocycles. The van der Waals surface area contributed by atoms with Gasteiger partial charge in [0.1, 0.15) is 5.82 Å². The molecule has 6 heteroatoms. The van der Waals surface area contributed by atoms with Gasteiger partial charge in [0.25, 0.3) is 0 Å². The van der Waals surface area contributed by atoms with Gasteiger partial charge in [-0.25, -0.2) is 9.97 Å². The molecular formula is C22H32N6. The Hall–Kier alpha value is -2.05. The van der Waals surface area contributed by atoms with E-state index in [4.69, 9.17) is 9.97 Å². The first-order valence-electron chi connectivity index (χ1n) is 10.7. The maximum atomic E-state index is 4.89. The molecule has 28 heavy (non-hydrogen) atoms. The molecule has 0 aromatic carbocycles. The second kappa shape index (κ2) is 8.97. The minimum absolute atomic E-state index is 0.726. The SMILES string of the molecule is CCc1cc(N2CCN(CC3CCCCN3C)CC2)nc(-c2ccncc2)n1. The van der Waals surface area contributed by atoms with E-state index in [0.29, 0.717) is 0 Å². The third kappa shape index (κ3) is 4.50. The smallest absolute Gasteiger partial charge is 0.161 e. The van der Waals surface area contributed by atoms with E-state index in [2.05, 4.69) is 39.7 Å². The van der Waals surface area contributed by atoms with E-state index in [1.54, 1.807) is 12.4 Å². The molecule has 2 aromatic heterocycles. The van der Waals surface area contributed by atoms with E-state index in [9.17, 15) is 0 Å². The average Bonchev–Trinajstić information content (AvgIpc) is 2.76. The number of hydrogen-bond donors (Lipinski definition) is 0. The van der Waals surface area contributed by atoms with Gasteiger partial charge in [0.05, 0.1) is 0 Å². The first-order chi connectivity index (χ1) is 13.7. The fourth-order valence-corrected chi connectivity index (χ4v) is 4.29. The molecule has 1 unspecified atom stereocenters. The normalized spacial score (nSPS) is 21.8. The van der Waals surface area contributed by atoms with E-state index in [1.807, 2.05) is 12.1 Å². The summed E-state index contributed by atoms with van der Waals surface area (Å²) in [5.41, 5.74) is 2.13. The Morgan fingerprint density at radius 2 is 1.79 bits per heavy atom. The van der Waals surface area contributed by atoms with E-state index in [-0.39, 0.29) is 0 Å². The summed E-state index contributed by atoms with van der Waals surface area (Å²) in [6.07, 6.45) is 8.61. The van der Waals surface area contributed by atoms with Crippen LogP contribution in [0.25, 0.3) is 11.4 Å². The van der Waals surface area contributed by atoms with Crippen molar-refractivity contribution in [3.8, 4) is 11.4 Å². The summed E-state index contributed by atoms with van der Waals surface area (Å²) in [4.78, 5) is 21.3. The number of anilines is 1. The zero-order valence-corrected chi connectivity index (χ0v) is 17.2. The predicted octanol–water partition coefficient (Wildman–Crippen LogP) is 2.71. The van der Waals surface area contributed by atoms with Gasteiger partial charge in [-0.1, -0.05) is 13.3 Å². The largest absolute Gasteiger partial charge is 0.354 e. The molecule has 6 nitrogen and oxygen atoms in total. The summed E-state index contributed by atoms with van der Waals surface area (Å²) < 4.78 is 0. The molecule has 2 aliphatic heterocycles. The van der Waals surface area contributed by atoms with Crippen molar-refractivity contribution in [2.75, 3.05) is 51.2 Å². The fourth-order valence-electron chi connectivity index (χ4n) is 4.29. The minimum atomic E-state index is 0.726. The van der Waals surface area contributed by atoms with E-state index >= 15 is 0 Å². The lowest BCUT2D eigenvalue weighted by Crippen LogP contribution is -2.52. The van der Waals surface area contributed by atoms with Crippen molar-refractivity contribution in [1.29, 1.82) is 0 Å². The van der Waals surface area contributed by atoms with Crippen LogP contribution < -0.4 is 4.90 Å². The zero-order chi connectivity index (χ0) is 19.3. The number of rotatable bonds is 5. The van der Waals surface area contributed by atoms with Crippen LogP contribution in [0.3, 0.4) is 0 Å². The molecule has 2 fully saturated rings.